The number of hydrogen-bond acceptors (Lipinski definition) is 3. The van der Waals surface area contributed by atoms with Gasteiger partial charge in [-0.15, -0.1) is 0 Å². The standard InChI is InChI=1S/C14H17FN2O2/c15-10-7-9-11(16-14(19)13(9)18)8-12(10)17-5-3-1-2-4-6-17/h7-8,13,18H,1-6H2,(H,16,19). The molecule has 0 bridgehead atoms. The van der Waals surface area contributed by atoms with Crippen LogP contribution in [0.1, 0.15) is 37.4 Å². The number of rotatable bonds is 1. The molecular formula is C14H17FN2O2. The van der Waals surface area contributed by atoms with Crippen LogP contribution in [0.3, 0.4) is 0 Å². The number of aliphatic hydroxyl groups is 1. The van der Waals surface area contributed by atoms with Crippen LogP contribution in [0.25, 0.3) is 0 Å². The van der Waals surface area contributed by atoms with Gasteiger partial charge in [0, 0.05) is 24.3 Å². The van der Waals surface area contributed by atoms with Crippen molar-refractivity contribution in [1.29, 1.82) is 0 Å². The molecule has 2 N–H and O–H groups in total. The van der Waals surface area contributed by atoms with Crippen LogP contribution < -0.4 is 10.2 Å². The number of anilines is 2. The number of carbonyl (C=O) groups is 1. The molecule has 4 nitrogen and oxygen atoms in total. The molecule has 1 unspecified atom stereocenters. The second kappa shape index (κ2) is 4.81. The monoisotopic (exact) mass is 264 g/mol. The Morgan fingerprint density at radius 3 is 2.58 bits per heavy atom. The zero-order valence-corrected chi connectivity index (χ0v) is 10.7. The first-order chi connectivity index (χ1) is 9.16. The molecule has 1 amide bonds. The van der Waals surface area contributed by atoms with Gasteiger partial charge in [0.15, 0.2) is 6.10 Å². The Balaban J connectivity index is 1.95. The predicted octanol–water partition coefficient (Wildman–Crippen LogP) is 2.19. The number of hydrogen-bond donors (Lipinski definition) is 2. The summed E-state index contributed by atoms with van der Waals surface area (Å²) in [5, 5.41) is 12.2. The van der Waals surface area contributed by atoms with Crippen molar-refractivity contribution in [1.82, 2.24) is 0 Å². The molecular weight excluding hydrogens is 247 g/mol. The SMILES string of the molecule is O=C1Nc2cc(N3CCCCCC3)c(F)cc2C1O. The molecule has 102 valence electrons. The molecule has 5 heteroatoms. The molecule has 0 radical (unpaired) electrons. The molecule has 0 aromatic heterocycles. The van der Waals surface area contributed by atoms with E-state index in [4.69, 9.17) is 0 Å². The molecule has 3 rings (SSSR count). The van der Waals surface area contributed by atoms with Gasteiger partial charge in [0.25, 0.3) is 5.91 Å². The van der Waals surface area contributed by atoms with Crippen LogP contribution in [-0.2, 0) is 4.79 Å². The Labute approximate surface area is 111 Å². The number of amides is 1. The first-order valence-corrected chi connectivity index (χ1v) is 6.74. The molecule has 19 heavy (non-hydrogen) atoms. The lowest BCUT2D eigenvalue weighted by Crippen LogP contribution is -2.25. The average molecular weight is 264 g/mol. The molecule has 0 spiro atoms. The summed E-state index contributed by atoms with van der Waals surface area (Å²) in [5.74, 6) is -0.849. The van der Waals surface area contributed by atoms with Crippen LogP contribution in [-0.4, -0.2) is 24.1 Å². The highest BCUT2D eigenvalue weighted by atomic mass is 19.1. The molecule has 0 aliphatic carbocycles. The van der Waals surface area contributed by atoms with Crippen LogP contribution in [0, 0.1) is 5.82 Å². The minimum Gasteiger partial charge on any atom is -0.378 e. The van der Waals surface area contributed by atoms with Gasteiger partial charge in [-0.1, -0.05) is 12.8 Å². The molecule has 1 aromatic rings. The van der Waals surface area contributed by atoms with Crippen LogP contribution in [0.5, 0.6) is 0 Å². The summed E-state index contributed by atoms with van der Waals surface area (Å²) in [6.07, 6.45) is 3.23. The number of carbonyl (C=O) groups excluding carboxylic acids is 1. The Morgan fingerprint density at radius 1 is 1.21 bits per heavy atom. The van der Waals surface area contributed by atoms with Crippen molar-refractivity contribution in [2.45, 2.75) is 31.8 Å². The van der Waals surface area contributed by atoms with Crippen molar-refractivity contribution in [3.05, 3.63) is 23.5 Å². The molecule has 0 saturated carbocycles. The second-order valence-corrected chi connectivity index (χ2v) is 5.18. The van der Waals surface area contributed by atoms with Gasteiger partial charge in [-0.05, 0) is 25.0 Å². The van der Waals surface area contributed by atoms with Gasteiger partial charge >= 0.3 is 0 Å². The lowest BCUT2D eigenvalue weighted by molar-refractivity contribution is -0.123. The Bertz CT molecular complexity index is 510. The largest absolute Gasteiger partial charge is 0.378 e. The summed E-state index contributed by atoms with van der Waals surface area (Å²) in [6.45, 7) is 1.68. The maximum absolute atomic E-state index is 14.2. The van der Waals surface area contributed by atoms with Crippen molar-refractivity contribution in [2.24, 2.45) is 0 Å². The highest BCUT2D eigenvalue weighted by molar-refractivity contribution is 6.02. The number of fused-ring (bicyclic) bond motifs is 1. The van der Waals surface area contributed by atoms with E-state index in [1.54, 1.807) is 6.07 Å². The van der Waals surface area contributed by atoms with Crippen molar-refractivity contribution >= 4 is 17.3 Å². The highest BCUT2D eigenvalue weighted by Gasteiger charge is 2.30. The Kier molecular flexibility index (Phi) is 3.14. The van der Waals surface area contributed by atoms with Gasteiger partial charge in [-0.3, -0.25) is 4.79 Å². The van der Waals surface area contributed by atoms with Crippen LogP contribution >= 0.6 is 0 Å². The third-order valence-corrected chi connectivity index (χ3v) is 3.87. The van der Waals surface area contributed by atoms with Gasteiger partial charge in [-0.25, -0.2) is 4.39 Å². The number of nitrogens with zero attached hydrogens (tertiary/aromatic N) is 1. The van der Waals surface area contributed by atoms with Gasteiger partial charge in [-0.2, -0.15) is 0 Å². The van der Waals surface area contributed by atoms with Crippen molar-refractivity contribution in [3.63, 3.8) is 0 Å². The fourth-order valence-corrected chi connectivity index (χ4v) is 2.81. The quantitative estimate of drug-likeness (QED) is 0.817. The zero-order valence-electron chi connectivity index (χ0n) is 10.7. The fraction of sp³-hybridized carbons (Fsp3) is 0.500. The van der Waals surface area contributed by atoms with E-state index >= 15 is 0 Å². The number of nitrogens with one attached hydrogen (secondary N) is 1. The summed E-state index contributed by atoms with van der Waals surface area (Å²) in [5.41, 5.74) is 1.38. The van der Waals surface area contributed by atoms with E-state index in [1.807, 2.05) is 4.90 Å². The molecule has 2 aliphatic heterocycles. The normalized spacial score (nSPS) is 22.9. The lowest BCUT2D eigenvalue weighted by Gasteiger charge is -2.23. The smallest absolute Gasteiger partial charge is 0.257 e. The van der Waals surface area contributed by atoms with Crippen molar-refractivity contribution in [3.8, 4) is 0 Å². The molecule has 1 aromatic carbocycles. The van der Waals surface area contributed by atoms with Gasteiger partial charge in [0.2, 0.25) is 0 Å². The molecule has 1 saturated heterocycles. The van der Waals surface area contributed by atoms with Crippen molar-refractivity contribution in [2.75, 3.05) is 23.3 Å². The highest BCUT2D eigenvalue weighted by Crippen LogP contribution is 2.36. The van der Waals surface area contributed by atoms with E-state index in [1.165, 1.54) is 18.9 Å². The molecule has 1 fully saturated rings. The van der Waals surface area contributed by atoms with E-state index in [-0.39, 0.29) is 5.82 Å². The first kappa shape index (κ1) is 12.4. The number of halogens is 1. The fourth-order valence-electron chi connectivity index (χ4n) is 2.81. The minimum atomic E-state index is -1.25. The van der Waals surface area contributed by atoms with Crippen LogP contribution in [0.15, 0.2) is 12.1 Å². The maximum Gasteiger partial charge on any atom is 0.257 e. The summed E-state index contributed by atoms with van der Waals surface area (Å²) < 4.78 is 14.2. The second-order valence-electron chi connectivity index (χ2n) is 5.18. The van der Waals surface area contributed by atoms with Crippen LogP contribution in [0.4, 0.5) is 15.8 Å². The third kappa shape index (κ3) is 2.18. The minimum absolute atomic E-state index is 0.334. The Morgan fingerprint density at radius 2 is 1.89 bits per heavy atom. The van der Waals surface area contributed by atoms with Gasteiger partial charge in [0.05, 0.1) is 5.69 Å². The maximum atomic E-state index is 14.2. The van der Waals surface area contributed by atoms with E-state index in [9.17, 15) is 14.3 Å². The average Bonchev–Trinajstić information content (AvgIpc) is 2.63. The molecule has 2 heterocycles. The third-order valence-electron chi connectivity index (χ3n) is 3.87. The number of benzene rings is 1. The van der Waals surface area contributed by atoms with E-state index in [0.717, 1.165) is 25.9 Å². The Hall–Kier alpha value is -1.62. The molecule has 1 atom stereocenters. The first-order valence-electron chi connectivity index (χ1n) is 6.74. The summed E-state index contributed by atoms with van der Waals surface area (Å²) >= 11 is 0. The van der Waals surface area contributed by atoms with Crippen LogP contribution in [0.2, 0.25) is 0 Å². The van der Waals surface area contributed by atoms with E-state index in [2.05, 4.69) is 5.32 Å². The van der Waals surface area contributed by atoms with E-state index in [0.29, 0.717) is 16.9 Å². The van der Waals surface area contributed by atoms with Crippen molar-refractivity contribution < 1.29 is 14.3 Å². The van der Waals surface area contributed by atoms with E-state index < -0.39 is 12.0 Å². The molecule has 2 aliphatic rings. The summed E-state index contributed by atoms with van der Waals surface area (Å²) in [4.78, 5) is 13.4. The number of aliphatic hydroxyl groups excluding tert-OH is 1. The zero-order chi connectivity index (χ0) is 13.4. The van der Waals surface area contributed by atoms with Gasteiger partial charge in [0.1, 0.15) is 5.82 Å². The predicted molar refractivity (Wildman–Crippen MR) is 70.7 cm³/mol. The van der Waals surface area contributed by atoms with Gasteiger partial charge < -0.3 is 15.3 Å². The summed E-state index contributed by atoms with van der Waals surface area (Å²) in [7, 11) is 0. The lowest BCUT2D eigenvalue weighted by atomic mass is 10.1. The summed E-state index contributed by atoms with van der Waals surface area (Å²) in [6, 6.07) is 2.92. The topological polar surface area (TPSA) is 52.6 Å².